The van der Waals surface area contributed by atoms with Crippen LogP contribution in [0, 0.1) is 6.92 Å². The number of aromatic nitrogens is 2. The molecule has 1 N–H and O–H groups in total. The normalized spacial score (nSPS) is 11.2. The highest BCUT2D eigenvalue weighted by Gasteiger charge is 2.22. The Kier molecular flexibility index (Phi) is 6.28. The second-order valence-electron chi connectivity index (χ2n) is 5.89. The minimum Gasteiger partial charge on any atom is -0.482 e. The number of carbonyl (C=O) groups excluding carboxylic acids is 1. The van der Waals surface area contributed by atoms with E-state index in [-0.39, 0.29) is 21.8 Å². The molecular weight excluding hydrogens is 422 g/mol. The van der Waals surface area contributed by atoms with Gasteiger partial charge in [-0.15, -0.1) is 10.2 Å². The summed E-state index contributed by atoms with van der Waals surface area (Å²) in [6, 6.07) is 14.0. The maximum Gasteiger partial charge on any atom is 0.264 e. The fraction of sp³-hybridized carbons (Fsp3) is 0.167. The third kappa shape index (κ3) is 5.28. The van der Waals surface area contributed by atoms with E-state index in [1.807, 2.05) is 13.0 Å². The number of amides is 1. The number of nitrogens with zero attached hydrogens (tertiary/aromatic N) is 2. The second kappa shape index (κ2) is 8.68. The lowest BCUT2D eigenvalue weighted by Gasteiger charge is -2.06. The highest BCUT2D eigenvalue weighted by atomic mass is 35.5. The highest BCUT2D eigenvalue weighted by molar-refractivity contribution is 7.92. The number of sulfone groups is 1. The summed E-state index contributed by atoms with van der Waals surface area (Å²) in [5.74, 6) is -0.316. The lowest BCUT2D eigenvalue weighted by molar-refractivity contribution is -0.118. The van der Waals surface area contributed by atoms with Crippen molar-refractivity contribution in [3.8, 4) is 5.75 Å². The Balaban J connectivity index is 1.61. The van der Waals surface area contributed by atoms with Crippen LogP contribution in [-0.2, 0) is 20.4 Å². The predicted molar refractivity (Wildman–Crippen MR) is 108 cm³/mol. The maximum atomic E-state index is 12.5. The van der Waals surface area contributed by atoms with Crippen molar-refractivity contribution in [2.75, 3.05) is 11.9 Å². The molecule has 10 heteroatoms. The lowest BCUT2D eigenvalue weighted by Crippen LogP contribution is -2.20. The summed E-state index contributed by atoms with van der Waals surface area (Å²) in [4.78, 5) is 12.0. The van der Waals surface area contributed by atoms with Gasteiger partial charge < -0.3 is 4.74 Å². The Morgan fingerprint density at radius 3 is 2.71 bits per heavy atom. The first kappa shape index (κ1) is 20.2. The summed E-state index contributed by atoms with van der Waals surface area (Å²) in [5.41, 5.74) is 1.63. The van der Waals surface area contributed by atoms with Crippen LogP contribution in [0.1, 0.15) is 11.1 Å². The quantitative estimate of drug-likeness (QED) is 0.568. The van der Waals surface area contributed by atoms with Gasteiger partial charge in [-0.05, 0) is 24.6 Å². The van der Waals surface area contributed by atoms with Gasteiger partial charge in [-0.1, -0.05) is 64.9 Å². The van der Waals surface area contributed by atoms with Crippen LogP contribution in [0.5, 0.6) is 5.75 Å². The molecule has 3 rings (SSSR count). The number of nitrogens with one attached hydrogen (secondary N) is 1. The predicted octanol–water partition coefficient (Wildman–Crippen LogP) is 3.49. The van der Waals surface area contributed by atoms with E-state index >= 15 is 0 Å². The zero-order valence-electron chi connectivity index (χ0n) is 14.8. The lowest BCUT2D eigenvalue weighted by atomic mass is 10.2. The van der Waals surface area contributed by atoms with Crippen molar-refractivity contribution in [3.63, 3.8) is 0 Å². The van der Waals surface area contributed by atoms with E-state index in [1.54, 1.807) is 42.5 Å². The minimum absolute atomic E-state index is 0.0792. The maximum absolute atomic E-state index is 12.5. The fourth-order valence-electron chi connectivity index (χ4n) is 2.33. The van der Waals surface area contributed by atoms with Crippen LogP contribution in [0.4, 0.5) is 5.13 Å². The van der Waals surface area contributed by atoms with E-state index in [1.165, 1.54) is 0 Å². The van der Waals surface area contributed by atoms with Crippen molar-refractivity contribution in [3.05, 3.63) is 64.7 Å². The van der Waals surface area contributed by atoms with Crippen LogP contribution in [0.15, 0.2) is 52.9 Å². The Bertz CT molecular complexity index is 1100. The van der Waals surface area contributed by atoms with Crippen molar-refractivity contribution >= 4 is 43.8 Å². The van der Waals surface area contributed by atoms with E-state index in [0.717, 1.165) is 16.9 Å². The molecule has 146 valence electrons. The summed E-state index contributed by atoms with van der Waals surface area (Å²) in [5, 5.41) is 10.4. The Morgan fingerprint density at radius 1 is 1.18 bits per heavy atom. The molecule has 0 saturated heterocycles. The molecule has 0 aliphatic carbocycles. The summed E-state index contributed by atoms with van der Waals surface area (Å²) in [7, 11) is -3.66. The van der Waals surface area contributed by atoms with E-state index in [4.69, 9.17) is 16.3 Å². The SMILES string of the molecule is Cc1cccc(CS(=O)(=O)c2nnc(NC(=O)COc3ccccc3Cl)s2)c1. The van der Waals surface area contributed by atoms with Crippen LogP contribution in [-0.4, -0.2) is 31.1 Å². The van der Waals surface area contributed by atoms with Gasteiger partial charge in [-0.3, -0.25) is 10.1 Å². The van der Waals surface area contributed by atoms with Crippen LogP contribution in [0.2, 0.25) is 5.02 Å². The monoisotopic (exact) mass is 437 g/mol. The number of aryl methyl sites for hydroxylation is 1. The molecule has 0 aliphatic rings. The largest absolute Gasteiger partial charge is 0.482 e. The van der Waals surface area contributed by atoms with Crippen molar-refractivity contribution in [2.24, 2.45) is 0 Å². The fourth-order valence-corrected chi connectivity index (χ4v) is 4.84. The van der Waals surface area contributed by atoms with Gasteiger partial charge in [-0.25, -0.2) is 8.42 Å². The number of anilines is 1. The molecule has 0 saturated carbocycles. The molecule has 0 unspecified atom stereocenters. The number of hydrogen-bond acceptors (Lipinski definition) is 7. The molecule has 0 radical (unpaired) electrons. The summed E-state index contributed by atoms with van der Waals surface area (Å²) >= 11 is 6.75. The van der Waals surface area contributed by atoms with Crippen LogP contribution >= 0.6 is 22.9 Å². The minimum atomic E-state index is -3.66. The molecule has 1 aromatic heterocycles. The number of halogens is 1. The van der Waals surface area contributed by atoms with E-state index in [0.29, 0.717) is 16.3 Å². The molecule has 0 fully saturated rings. The number of carbonyl (C=O) groups is 1. The zero-order chi connectivity index (χ0) is 20.1. The second-order valence-corrected chi connectivity index (χ2v) is 9.44. The van der Waals surface area contributed by atoms with E-state index in [2.05, 4.69) is 15.5 Å². The average molecular weight is 438 g/mol. The van der Waals surface area contributed by atoms with Gasteiger partial charge in [0.1, 0.15) is 5.75 Å². The third-order valence-corrected chi connectivity index (χ3v) is 6.84. The Morgan fingerprint density at radius 2 is 1.96 bits per heavy atom. The van der Waals surface area contributed by atoms with Crippen molar-refractivity contribution in [2.45, 2.75) is 17.0 Å². The molecule has 7 nitrogen and oxygen atoms in total. The Hall–Kier alpha value is -2.49. The molecule has 3 aromatic rings. The van der Waals surface area contributed by atoms with Crippen LogP contribution in [0.25, 0.3) is 0 Å². The molecule has 0 atom stereocenters. The van der Waals surface area contributed by atoms with Gasteiger partial charge in [-0.2, -0.15) is 0 Å². The number of rotatable bonds is 7. The number of hydrogen-bond donors (Lipinski definition) is 1. The van der Waals surface area contributed by atoms with Crippen LogP contribution in [0.3, 0.4) is 0 Å². The van der Waals surface area contributed by atoms with E-state index in [9.17, 15) is 13.2 Å². The van der Waals surface area contributed by atoms with Gasteiger partial charge >= 0.3 is 0 Å². The number of benzene rings is 2. The molecule has 1 heterocycles. The zero-order valence-corrected chi connectivity index (χ0v) is 17.1. The first-order chi connectivity index (χ1) is 13.3. The van der Waals surface area contributed by atoms with Gasteiger partial charge in [0, 0.05) is 0 Å². The molecule has 0 aliphatic heterocycles. The molecule has 2 aromatic carbocycles. The first-order valence-corrected chi connectivity index (χ1v) is 11.0. The average Bonchev–Trinajstić information content (AvgIpc) is 3.10. The summed E-state index contributed by atoms with van der Waals surface area (Å²) in [6.45, 7) is 1.59. The van der Waals surface area contributed by atoms with Gasteiger partial charge in [0.25, 0.3) is 5.91 Å². The van der Waals surface area contributed by atoms with Crippen molar-refractivity contribution in [1.82, 2.24) is 10.2 Å². The molecule has 0 bridgehead atoms. The van der Waals surface area contributed by atoms with Crippen molar-refractivity contribution < 1.29 is 17.9 Å². The third-order valence-electron chi connectivity index (χ3n) is 3.55. The van der Waals surface area contributed by atoms with Gasteiger partial charge in [0.15, 0.2) is 6.61 Å². The van der Waals surface area contributed by atoms with E-state index < -0.39 is 15.7 Å². The van der Waals surface area contributed by atoms with Gasteiger partial charge in [0.2, 0.25) is 19.3 Å². The smallest absolute Gasteiger partial charge is 0.264 e. The van der Waals surface area contributed by atoms with Gasteiger partial charge in [0.05, 0.1) is 10.8 Å². The Labute approximate surface area is 171 Å². The summed E-state index contributed by atoms with van der Waals surface area (Å²) < 4.78 is 30.2. The number of ether oxygens (including phenoxy) is 1. The topological polar surface area (TPSA) is 98.3 Å². The highest BCUT2D eigenvalue weighted by Crippen LogP contribution is 2.25. The van der Waals surface area contributed by atoms with Crippen molar-refractivity contribution in [1.29, 1.82) is 0 Å². The molecular formula is C18H16ClN3O4S2. The molecule has 0 spiro atoms. The molecule has 1 amide bonds. The summed E-state index contributed by atoms with van der Waals surface area (Å²) in [6.07, 6.45) is 0. The standard InChI is InChI=1S/C18H16ClN3O4S2/c1-12-5-4-6-13(9-12)11-28(24,25)18-22-21-17(27-18)20-16(23)10-26-15-8-3-2-7-14(15)19/h2-9H,10-11H2,1H3,(H,20,21,23). The number of para-hydroxylation sites is 1. The molecule has 28 heavy (non-hydrogen) atoms. The first-order valence-electron chi connectivity index (χ1n) is 8.12. The van der Waals surface area contributed by atoms with Crippen LogP contribution < -0.4 is 10.1 Å².